The van der Waals surface area contributed by atoms with Crippen molar-refractivity contribution < 1.29 is 14.0 Å². The molecule has 1 atom stereocenters. The zero-order valence-electron chi connectivity index (χ0n) is 17.0. The van der Waals surface area contributed by atoms with E-state index in [4.69, 9.17) is 0 Å². The van der Waals surface area contributed by atoms with Gasteiger partial charge in [0.15, 0.2) is 0 Å². The third kappa shape index (κ3) is 6.48. The molecule has 0 radical (unpaired) electrons. The molecule has 0 fully saturated rings. The van der Waals surface area contributed by atoms with Crippen LogP contribution in [-0.2, 0) is 22.6 Å². The third-order valence-corrected chi connectivity index (χ3v) is 4.34. The summed E-state index contributed by atoms with van der Waals surface area (Å²) in [6.45, 7) is 7.77. The van der Waals surface area contributed by atoms with Gasteiger partial charge in [-0.2, -0.15) is 0 Å². The molecule has 0 saturated heterocycles. The second-order valence-corrected chi connectivity index (χ2v) is 7.95. The Bertz CT molecular complexity index is 782. The highest BCUT2D eigenvalue weighted by atomic mass is 19.1. The van der Waals surface area contributed by atoms with Crippen molar-refractivity contribution in [3.8, 4) is 0 Å². The van der Waals surface area contributed by atoms with Gasteiger partial charge in [-0.3, -0.25) is 9.59 Å². The summed E-state index contributed by atoms with van der Waals surface area (Å²) in [4.78, 5) is 27.5. The van der Waals surface area contributed by atoms with Crippen LogP contribution in [-0.4, -0.2) is 28.3 Å². The monoisotopic (exact) mass is 384 g/mol. The lowest BCUT2D eigenvalue weighted by molar-refractivity contribution is -0.141. The van der Waals surface area contributed by atoms with Crippen molar-refractivity contribution >= 4 is 11.8 Å². The molecular formula is C23H29FN2O2. The minimum absolute atomic E-state index is 0.116. The predicted octanol–water partition coefficient (Wildman–Crippen LogP) is 4.09. The zero-order valence-corrected chi connectivity index (χ0v) is 17.0. The highest BCUT2D eigenvalue weighted by molar-refractivity contribution is 5.88. The standard InChI is InChI=1S/C23H29FN2O2/c1-5-21(27)26(16-18-11-13-19(24)14-12-18)20(22(28)25-23(2,3)4)15-17-9-7-6-8-10-17/h6-14,20H,5,15-16H2,1-4H3,(H,25,28). The quantitative estimate of drug-likeness (QED) is 0.782. The molecule has 0 spiro atoms. The van der Waals surface area contributed by atoms with Gasteiger partial charge in [-0.15, -0.1) is 0 Å². The van der Waals surface area contributed by atoms with E-state index in [1.165, 1.54) is 12.1 Å². The Morgan fingerprint density at radius 2 is 1.61 bits per heavy atom. The smallest absolute Gasteiger partial charge is 0.243 e. The first-order chi connectivity index (χ1) is 13.2. The van der Waals surface area contributed by atoms with E-state index in [-0.39, 0.29) is 30.6 Å². The fraction of sp³-hybridized carbons (Fsp3) is 0.391. The van der Waals surface area contributed by atoms with E-state index in [9.17, 15) is 14.0 Å². The van der Waals surface area contributed by atoms with Gasteiger partial charge in [0, 0.05) is 24.9 Å². The first-order valence-electron chi connectivity index (χ1n) is 9.59. The SMILES string of the molecule is CCC(=O)N(Cc1ccc(F)cc1)C(Cc1ccccc1)C(=O)NC(C)(C)C. The van der Waals surface area contributed by atoms with E-state index < -0.39 is 11.6 Å². The molecule has 2 rings (SSSR count). The van der Waals surface area contributed by atoms with E-state index in [1.54, 1.807) is 24.0 Å². The van der Waals surface area contributed by atoms with Crippen molar-refractivity contribution in [2.24, 2.45) is 0 Å². The molecule has 0 aliphatic carbocycles. The average molecular weight is 384 g/mol. The number of halogens is 1. The first-order valence-corrected chi connectivity index (χ1v) is 9.59. The van der Waals surface area contributed by atoms with Gasteiger partial charge in [0.05, 0.1) is 0 Å². The van der Waals surface area contributed by atoms with Crippen LogP contribution in [0.5, 0.6) is 0 Å². The Labute approximate surface area is 166 Å². The lowest BCUT2D eigenvalue weighted by Crippen LogP contribution is -2.54. The summed E-state index contributed by atoms with van der Waals surface area (Å²) in [5, 5.41) is 3.00. The number of rotatable bonds is 7. The molecule has 0 bridgehead atoms. The van der Waals surface area contributed by atoms with Gasteiger partial charge in [0.25, 0.3) is 0 Å². The molecule has 5 heteroatoms. The maximum Gasteiger partial charge on any atom is 0.243 e. The Balaban J connectivity index is 2.36. The Morgan fingerprint density at radius 1 is 1.00 bits per heavy atom. The number of nitrogens with zero attached hydrogens (tertiary/aromatic N) is 1. The summed E-state index contributed by atoms with van der Waals surface area (Å²) in [6.07, 6.45) is 0.699. The summed E-state index contributed by atoms with van der Waals surface area (Å²) >= 11 is 0. The van der Waals surface area contributed by atoms with Gasteiger partial charge in [0.2, 0.25) is 11.8 Å². The molecule has 1 N–H and O–H groups in total. The van der Waals surface area contributed by atoms with Crippen molar-refractivity contribution in [1.29, 1.82) is 0 Å². The molecule has 2 amide bonds. The molecule has 28 heavy (non-hydrogen) atoms. The fourth-order valence-corrected chi connectivity index (χ4v) is 3.00. The van der Waals surface area contributed by atoms with Crippen LogP contribution < -0.4 is 5.32 Å². The molecule has 0 aliphatic heterocycles. The first kappa shape index (κ1) is 21.6. The Morgan fingerprint density at radius 3 is 2.14 bits per heavy atom. The summed E-state index contributed by atoms with van der Waals surface area (Å²) in [5.74, 6) is -0.641. The molecule has 2 aromatic rings. The highest BCUT2D eigenvalue weighted by Crippen LogP contribution is 2.17. The predicted molar refractivity (Wildman–Crippen MR) is 109 cm³/mol. The Kier molecular flexibility index (Phi) is 7.32. The van der Waals surface area contributed by atoms with E-state index in [0.717, 1.165) is 11.1 Å². The van der Waals surface area contributed by atoms with Crippen LogP contribution in [0, 0.1) is 5.82 Å². The van der Waals surface area contributed by atoms with Gasteiger partial charge in [-0.1, -0.05) is 49.4 Å². The van der Waals surface area contributed by atoms with E-state index in [0.29, 0.717) is 6.42 Å². The number of amides is 2. The highest BCUT2D eigenvalue weighted by Gasteiger charge is 2.31. The molecule has 0 aliphatic rings. The summed E-state index contributed by atoms with van der Waals surface area (Å²) in [5.41, 5.74) is 1.34. The molecule has 2 aromatic carbocycles. The maximum absolute atomic E-state index is 13.3. The van der Waals surface area contributed by atoms with Crippen LogP contribution >= 0.6 is 0 Å². The van der Waals surface area contributed by atoms with Gasteiger partial charge in [-0.05, 0) is 44.0 Å². The number of hydrogen-bond acceptors (Lipinski definition) is 2. The molecule has 0 heterocycles. The van der Waals surface area contributed by atoms with E-state index >= 15 is 0 Å². The van der Waals surface area contributed by atoms with Gasteiger partial charge in [-0.25, -0.2) is 4.39 Å². The van der Waals surface area contributed by atoms with Crippen LogP contribution in [0.3, 0.4) is 0 Å². The van der Waals surface area contributed by atoms with E-state index in [1.807, 2.05) is 51.1 Å². The van der Waals surface area contributed by atoms with Gasteiger partial charge >= 0.3 is 0 Å². The third-order valence-electron chi connectivity index (χ3n) is 4.34. The zero-order chi connectivity index (χ0) is 20.7. The number of carbonyl (C=O) groups is 2. The molecular weight excluding hydrogens is 355 g/mol. The molecule has 150 valence electrons. The molecule has 4 nitrogen and oxygen atoms in total. The lowest BCUT2D eigenvalue weighted by Gasteiger charge is -2.33. The molecule has 0 saturated carbocycles. The maximum atomic E-state index is 13.3. The summed E-state index contributed by atoms with van der Waals surface area (Å²) < 4.78 is 13.3. The van der Waals surface area contributed by atoms with Crippen LogP contribution in [0.1, 0.15) is 45.2 Å². The molecule has 1 unspecified atom stereocenters. The number of carbonyl (C=O) groups excluding carboxylic acids is 2. The van der Waals surface area contributed by atoms with Crippen LogP contribution in [0.15, 0.2) is 54.6 Å². The lowest BCUT2D eigenvalue weighted by atomic mass is 10.0. The van der Waals surface area contributed by atoms with Crippen molar-refractivity contribution in [2.45, 2.75) is 58.7 Å². The van der Waals surface area contributed by atoms with Crippen LogP contribution in [0.2, 0.25) is 0 Å². The number of hydrogen-bond donors (Lipinski definition) is 1. The van der Waals surface area contributed by atoms with Crippen LogP contribution in [0.25, 0.3) is 0 Å². The Hall–Kier alpha value is -2.69. The fourth-order valence-electron chi connectivity index (χ4n) is 3.00. The van der Waals surface area contributed by atoms with Gasteiger partial charge < -0.3 is 10.2 Å². The second-order valence-electron chi connectivity index (χ2n) is 7.95. The normalized spacial score (nSPS) is 12.3. The van der Waals surface area contributed by atoms with Crippen molar-refractivity contribution in [3.63, 3.8) is 0 Å². The topological polar surface area (TPSA) is 49.4 Å². The average Bonchev–Trinajstić information content (AvgIpc) is 2.65. The van der Waals surface area contributed by atoms with Crippen LogP contribution in [0.4, 0.5) is 4.39 Å². The number of nitrogens with one attached hydrogen (secondary N) is 1. The summed E-state index contributed by atoms with van der Waals surface area (Å²) in [7, 11) is 0. The van der Waals surface area contributed by atoms with Crippen molar-refractivity contribution in [1.82, 2.24) is 10.2 Å². The second kappa shape index (κ2) is 9.49. The van der Waals surface area contributed by atoms with Crippen molar-refractivity contribution in [3.05, 3.63) is 71.5 Å². The van der Waals surface area contributed by atoms with Crippen molar-refractivity contribution in [2.75, 3.05) is 0 Å². The minimum Gasteiger partial charge on any atom is -0.350 e. The molecule has 0 aromatic heterocycles. The largest absolute Gasteiger partial charge is 0.350 e. The number of benzene rings is 2. The van der Waals surface area contributed by atoms with E-state index in [2.05, 4.69) is 5.32 Å². The van der Waals surface area contributed by atoms with Gasteiger partial charge in [0.1, 0.15) is 11.9 Å². The minimum atomic E-state index is -0.654. The summed E-state index contributed by atoms with van der Waals surface area (Å²) in [6, 6.07) is 15.0.